The molecule has 0 N–H and O–H groups in total. The molecule has 0 saturated carbocycles. The van der Waals surface area contributed by atoms with E-state index >= 15 is 0 Å². The summed E-state index contributed by atoms with van der Waals surface area (Å²) in [6.07, 6.45) is 0. The highest BCUT2D eigenvalue weighted by Crippen LogP contribution is 2.48. The standard InChI is InChI=1S/C50H29NOS2/c1-2-10-35-30(9-1)19-20-32-29-34(25-26-36(32)35)51(41-15-7-14-39-38-11-3-5-17-44(38)54-50(39)41)33-23-21-31(22-24-33)37-13-8-16-42-47(37)49-43(52-42)27-28-46-48(49)40-12-4-6-18-45(40)53-46/h1-29H. The van der Waals surface area contributed by atoms with E-state index in [1.807, 2.05) is 22.7 Å². The summed E-state index contributed by atoms with van der Waals surface area (Å²) in [5.74, 6) is 0. The van der Waals surface area contributed by atoms with E-state index < -0.39 is 0 Å². The number of rotatable bonds is 4. The van der Waals surface area contributed by atoms with E-state index in [2.05, 4.69) is 181 Å². The number of fused-ring (bicyclic) bond motifs is 13. The molecule has 0 radical (unpaired) electrons. The van der Waals surface area contributed by atoms with Crippen LogP contribution in [0.15, 0.2) is 180 Å². The fourth-order valence-corrected chi connectivity index (χ4v) is 10.9. The first-order chi connectivity index (χ1) is 26.8. The second-order valence-corrected chi connectivity index (χ2v) is 16.2. The predicted molar refractivity (Wildman–Crippen MR) is 235 cm³/mol. The second kappa shape index (κ2) is 11.5. The van der Waals surface area contributed by atoms with Crippen molar-refractivity contribution in [1.82, 2.24) is 0 Å². The third-order valence-corrected chi connectivity index (χ3v) is 13.4. The Labute approximate surface area is 318 Å². The van der Waals surface area contributed by atoms with Gasteiger partial charge in [-0.1, -0.05) is 115 Å². The molecule has 3 heterocycles. The van der Waals surface area contributed by atoms with Gasteiger partial charge in [0.15, 0.2) is 0 Å². The molecule has 0 aliphatic heterocycles. The first-order valence-corrected chi connectivity index (χ1v) is 19.9. The monoisotopic (exact) mass is 723 g/mol. The first-order valence-electron chi connectivity index (χ1n) is 18.2. The number of hydrogen-bond donors (Lipinski definition) is 0. The molecule has 3 aromatic heterocycles. The average Bonchev–Trinajstić information content (AvgIpc) is 3.92. The zero-order valence-electron chi connectivity index (χ0n) is 28.9. The van der Waals surface area contributed by atoms with Gasteiger partial charge in [-0.15, -0.1) is 22.7 Å². The van der Waals surface area contributed by atoms with E-state index in [4.69, 9.17) is 4.42 Å². The second-order valence-electron chi connectivity index (χ2n) is 14.0. The van der Waals surface area contributed by atoms with Crippen LogP contribution in [0.1, 0.15) is 0 Å². The van der Waals surface area contributed by atoms with E-state index in [-0.39, 0.29) is 0 Å². The lowest BCUT2D eigenvalue weighted by molar-refractivity contribution is 0.669. The Hall–Kier alpha value is -6.46. The van der Waals surface area contributed by atoms with E-state index in [0.717, 1.165) is 28.1 Å². The first kappa shape index (κ1) is 30.0. The van der Waals surface area contributed by atoms with Gasteiger partial charge in [-0.25, -0.2) is 0 Å². The number of thiophene rings is 2. The van der Waals surface area contributed by atoms with Crippen molar-refractivity contribution in [2.45, 2.75) is 0 Å². The largest absolute Gasteiger partial charge is 0.456 e. The Kier molecular flexibility index (Phi) is 6.41. The van der Waals surface area contributed by atoms with Gasteiger partial charge in [0.1, 0.15) is 11.2 Å². The summed E-state index contributed by atoms with van der Waals surface area (Å²) in [4.78, 5) is 2.44. The topological polar surface area (TPSA) is 16.4 Å². The third kappa shape index (κ3) is 4.38. The van der Waals surface area contributed by atoms with Crippen LogP contribution >= 0.6 is 22.7 Å². The Morgan fingerprint density at radius 3 is 1.96 bits per heavy atom. The van der Waals surface area contributed by atoms with Crippen molar-refractivity contribution >= 4 is 124 Å². The summed E-state index contributed by atoms with van der Waals surface area (Å²) in [6, 6.07) is 64.2. The van der Waals surface area contributed by atoms with Crippen molar-refractivity contribution in [2.75, 3.05) is 4.90 Å². The van der Waals surface area contributed by atoms with Gasteiger partial charge in [-0.05, 0) is 93.3 Å². The smallest absolute Gasteiger partial charge is 0.136 e. The number of furan rings is 1. The van der Waals surface area contributed by atoms with Crippen LogP contribution in [0.3, 0.4) is 0 Å². The van der Waals surface area contributed by atoms with Gasteiger partial charge >= 0.3 is 0 Å². The number of anilines is 3. The lowest BCUT2D eigenvalue weighted by Gasteiger charge is -2.27. The molecule has 0 fully saturated rings. The van der Waals surface area contributed by atoms with Gasteiger partial charge in [-0.2, -0.15) is 0 Å². The van der Waals surface area contributed by atoms with Crippen LogP contribution < -0.4 is 4.90 Å². The van der Waals surface area contributed by atoms with Crippen molar-refractivity contribution in [2.24, 2.45) is 0 Å². The molecule has 0 atom stereocenters. The van der Waals surface area contributed by atoms with Crippen molar-refractivity contribution < 1.29 is 4.42 Å². The highest BCUT2D eigenvalue weighted by molar-refractivity contribution is 7.26. The molecule has 0 spiro atoms. The minimum absolute atomic E-state index is 0.913. The highest BCUT2D eigenvalue weighted by Gasteiger charge is 2.21. The maximum Gasteiger partial charge on any atom is 0.136 e. The maximum absolute atomic E-state index is 6.54. The summed E-state index contributed by atoms with van der Waals surface area (Å²) in [5, 5.41) is 12.5. The van der Waals surface area contributed by atoms with E-state index in [9.17, 15) is 0 Å². The number of benzene rings is 9. The van der Waals surface area contributed by atoms with E-state index in [0.29, 0.717) is 0 Å². The van der Waals surface area contributed by atoms with Gasteiger partial charge < -0.3 is 9.32 Å². The van der Waals surface area contributed by atoms with Gasteiger partial charge in [0.2, 0.25) is 0 Å². The molecule has 0 bridgehead atoms. The highest BCUT2D eigenvalue weighted by atomic mass is 32.1. The molecule has 0 unspecified atom stereocenters. The molecule has 4 heteroatoms. The van der Waals surface area contributed by atoms with Crippen LogP contribution in [0.2, 0.25) is 0 Å². The molecule has 252 valence electrons. The summed E-state index contributed by atoms with van der Waals surface area (Å²) in [6.45, 7) is 0. The Morgan fingerprint density at radius 1 is 0.389 bits per heavy atom. The van der Waals surface area contributed by atoms with Gasteiger partial charge in [0.05, 0.1) is 10.4 Å². The summed E-state index contributed by atoms with van der Waals surface area (Å²) in [7, 11) is 0. The van der Waals surface area contributed by atoms with Crippen molar-refractivity contribution in [3.8, 4) is 11.1 Å². The van der Waals surface area contributed by atoms with Crippen LogP contribution in [-0.2, 0) is 0 Å². The summed E-state index contributed by atoms with van der Waals surface area (Å²) in [5.41, 5.74) is 7.60. The van der Waals surface area contributed by atoms with Gasteiger partial charge in [-0.3, -0.25) is 0 Å². The number of nitrogens with zero attached hydrogens (tertiary/aromatic N) is 1. The van der Waals surface area contributed by atoms with Crippen LogP contribution in [0.4, 0.5) is 17.1 Å². The minimum Gasteiger partial charge on any atom is -0.456 e. The van der Waals surface area contributed by atoms with Crippen LogP contribution in [-0.4, -0.2) is 0 Å². The minimum atomic E-state index is 0.913. The normalized spacial score (nSPS) is 12.1. The molecule has 0 saturated heterocycles. The van der Waals surface area contributed by atoms with Gasteiger partial charge in [0, 0.05) is 57.8 Å². The predicted octanol–water partition coefficient (Wildman–Crippen LogP) is 15.8. The quantitative estimate of drug-likeness (QED) is 0.168. The molecule has 0 amide bonds. The zero-order chi connectivity index (χ0) is 35.3. The summed E-state index contributed by atoms with van der Waals surface area (Å²) < 4.78 is 11.7. The third-order valence-electron chi connectivity index (χ3n) is 11.0. The molecule has 2 nitrogen and oxygen atoms in total. The Bertz CT molecular complexity index is 3460. The molecule has 0 aliphatic carbocycles. The molecule has 0 aliphatic rings. The Morgan fingerprint density at radius 2 is 1.07 bits per heavy atom. The van der Waals surface area contributed by atoms with Crippen LogP contribution in [0.5, 0.6) is 0 Å². The molecular formula is C50H29NOS2. The lowest BCUT2D eigenvalue weighted by Crippen LogP contribution is -2.10. The van der Waals surface area contributed by atoms with Crippen molar-refractivity contribution in [3.63, 3.8) is 0 Å². The molecular weight excluding hydrogens is 695 g/mol. The van der Waals surface area contributed by atoms with Crippen molar-refractivity contribution in [3.05, 3.63) is 176 Å². The Balaban J connectivity index is 1.07. The lowest BCUT2D eigenvalue weighted by atomic mass is 9.97. The molecule has 54 heavy (non-hydrogen) atoms. The maximum atomic E-state index is 6.54. The SMILES string of the molecule is c1ccc2c(c1)ccc1cc(N(c3ccc(-c4cccc5oc6ccc7sc8ccccc8c7c6c45)cc3)c3cccc4c3sc3ccccc34)ccc12. The molecule has 9 aromatic carbocycles. The van der Waals surface area contributed by atoms with E-state index in [1.165, 1.54) is 83.9 Å². The fourth-order valence-electron chi connectivity index (χ4n) is 8.63. The summed E-state index contributed by atoms with van der Waals surface area (Å²) >= 11 is 3.71. The molecule has 12 aromatic rings. The van der Waals surface area contributed by atoms with Crippen LogP contribution in [0.25, 0.3) is 95.0 Å². The average molecular weight is 724 g/mol. The van der Waals surface area contributed by atoms with E-state index in [1.54, 1.807) is 0 Å². The zero-order valence-corrected chi connectivity index (χ0v) is 30.5. The fraction of sp³-hybridized carbons (Fsp3) is 0. The van der Waals surface area contributed by atoms with Gasteiger partial charge in [0.25, 0.3) is 0 Å². The number of hydrogen-bond acceptors (Lipinski definition) is 4. The van der Waals surface area contributed by atoms with Crippen molar-refractivity contribution in [1.29, 1.82) is 0 Å². The molecule has 12 rings (SSSR count). The van der Waals surface area contributed by atoms with Crippen LogP contribution in [0, 0.1) is 0 Å².